The van der Waals surface area contributed by atoms with Gasteiger partial charge in [-0.1, -0.05) is 13.8 Å². The minimum Gasteiger partial charge on any atom is -0.312 e. The lowest BCUT2D eigenvalue weighted by Crippen LogP contribution is -2.54. The Morgan fingerprint density at radius 1 is 1.00 bits per heavy atom. The molecule has 0 N–H and O–H groups in total. The van der Waals surface area contributed by atoms with Crippen LogP contribution >= 0.6 is 23.0 Å². The van der Waals surface area contributed by atoms with Gasteiger partial charge in [0.25, 0.3) is 0 Å². The van der Waals surface area contributed by atoms with E-state index in [2.05, 4.69) is 36.9 Å². The molecule has 2 nitrogen and oxygen atoms in total. The van der Waals surface area contributed by atoms with Gasteiger partial charge >= 0.3 is 0 Å². The van der Waals surface area contributed by atoms with Crippen molar-refractivity contribution in [2.75, 3.05) is 0 Å². The fourth-order valence-electron chi connectivity index (χ4n) is 7.14. The molecule has 0 amide bonds. The van der Waals surface area contributed by atoms with Gasteiger partial charge in [-0.05, 0) is 79.4 Å². The van der Waals surface area contributed by atoms with Crippen molar-refractivity contribution in [3.8, 4) is 0 Å². The molecule has 4 fully saturated rings. The number of fused-ring (bicyclic) bond motifs is 5. The molecule has 0 bridgehead atoms. The van der Waals surface area contributed by atoms with Gasteiger partial charge in [0.2, 0.25) is 0 Å². The zero-order valence-corrected chi connectivity index (χ0v) is 16.1. The van der Waals surface area contributed by atoms with Gasteiger partial charge in [0.05, 0.1) is 6.10 Å². The van der Waals surface area contributed by atoms with Crippen molar-refractivity contribution < 1.29 is 7.86 Å². The summed E-state index contributed by atoms with van der Waals surface area (Å²) in [5.74, 6) is 3.83. The van der Waals surface area contributed by atoms with Crippen molar-refractivity contribution in [2.24, 2.45) is 34.5 Å². The molecule has 7 atom stereocenters. The maximum Gasteiger partial charge on any atom is 0.133 e. The van der Waals surface area contributed by atoms with Gasteiger partial charge in [-0.3, -0.25) is 4.79 Å². The number of ketones is 1. The third-order valence-electron chi connectivity index (χ3n) is 8.50. The first kappa shape index (κ1) is 15.9. The second kappa shape index (κ2) is 5.44. The Hall–Kier alpha value is 0.360. The van der Waals surface area contributed by atoms with Crippen LogP contribution in [0.2, 0.25) is 0 Å². The molecule has 0 aromatic rings. The summed E-state index contributed by atoms with van der Waals surface area (Å²) < 4.78 is 5.83. The maximum atomic E-state index is 11.9. The standard InChI is InChI=1S/C19H29IO2/c1-18-9-7-13(21)11-12(18)3-4-14-15-5-6-17(22-20)19(15,2)10-8-16(14)18/h12,14-17H,3-11H2,1-2H3/t12-,14-,15-,16-,17-,18-,19-/m0/s1. The Labute approximate surface area is 148 Å². The molecule has 0 saturated heterocycles. The smallest absolute Gasteiger partial charge is 0.133 e. The zero-order valence-electron chi connectivity index (χ0n) is 13.9. The van der Waals surface area contributed by atoms with Gasteiger partial charge in [0.15, 0.2) is 0 Å². The molecule has 22 heavy (non-hydrogen) atoms. The van der Waals surface area contributed by atoms with Gasteiger partial charge in [0, 0.05) is 12.8 Å². The molecule has 3 heteroatoms. The van der Waals surface area contributed by atoms with E-state index in [1.165, 1.54) is 38.5 Å². The fourth-order valence-corrected chi connectivity index (χ4v) is 7.98. The summed E-state index contributed by atoms with van der Waals surface area (Å²) >= 11 is 2.13. The predicted molar refractivity (Wildman–Crippen MR) is 95.6 cm³/mol. The summed E-state index contributed by atoms with van der Waals surface area (Å²) in [5.41, 5.74) is 0.859. The highest BCUT2D eigenvalue weighted by Gasteiger charge is 2.60. The van der Waals surface area contributed by atoms with Crippen LogP contribution in [-0.2, 0) is 7.86 Å². The average Bonchev–Trinajstić information content (AvgIpc) is 2.84. The lowest BCUT2D eigenvalue weighted by molar-refractivity contribution is -0.140. The molecule has 124 valence electrons. The summed E-state index contributed by atoms with van der Waals surface area (Å²) in [4.78, 5) is 11.9. The highest BCUT2D eigenvalue weighted by Crippen LogP contribution is 2.66. The molecular weight excluding hydrogens is 387 g/mol. The van der Waals surface area contributed by atoms with E-state index in [1.807, 2.05) is 0 Å². The maximum absolute atomic E-state index is 11.9. The Morgan fingerprint density at radius 2 is 1.77 bits per heavy atom. The Bertz CT molecular complexity index is 478. The van der Waals surface area contributed by atoms with Crippen molar-refractivity contribution in [2.45, 2.75) is 77.7 Å². The molecule has 4 saturated carbocycles. The second-order valence-corrected chi connectivity index (χ2v) is 9.61. The molecular formula is C19H29IO2. The van der Waals surface area contributed by atoms with Crippen LogP contribution in [0.25, 0.3) is 0 Å². The third kappa shape index (κ3) is 2.09. The van der Waals surface area contributed by atoms with Gasteiger partial charge in [-0.15, -0.1) is 0 Å². The summed E-state index contributed by atoms with van der Waals surface area (Å²) in [6.45, 7) is 5.04. The highest BCUT2D eigenvalue weighted by molar-refractivity contribution is 14.1. The largest absolute Gasteiger partial charge is 0.312 e. The number of carbonyl (C=O) groups is 1. The first-order valence-corrected chi connectivity index (χ1v) is 10.2. The molecule has 0 aromatic carbocycles. The molecule has 0 unspecified atom stereocenters. The zero-order chi connectivity index (χ0) is 15.5. The van der Waals surface area contributed by atoms with Crippen LogP contribution in [0.5, 0.6) is 0 Å². The minimum absolute atomic E-state index is 0.413. The minimum atomic E-state index is 0.413. The van der Waals surface area contributed by atoms with Crippen LogP contribution in [0.4, 0.5) is 0 Å². The SMILES string of the molecule is C[C@]12CCC(=O)C[C@@H]1CC[C@@H]1[C@@H]2CC[C@]2(C)[C@@H](OI)CC[C@@H]12. The van der Waals surface area contributed by atoms with E-state index in [-0.39, 0.29) is 0 Å². The first-order valence-electron chi connectivity index (χ1n) is 9.28. The van der Waals surface area contributed by atoms with E-state index in [0.29, 0.717) is 28.6 Å². The molecule has 0 aromatic heterocycles. The Morgan fingerprint density at radius 3 is 2.55 bits per heavy atom. The lowest BCUT2D eigenvalue weighted by atomic mass is 9.45. The highest BCUT2D eigenvalue weighted by atomic mass is 127. The van der Waals surface area contributed by atoms with Gasteiger partial charge < -0.3 is 3.07 Å². The van der Waals surface area contributed by atoms with Crippen LogP contribution in [-0.4, -0.2) is 11.9 Å². The van der Waals surface area contributed by atoms with E-state index in [4.69, 9.17) is 3.07 Å². The van der Waals surface area contributed by atoms with Gasteiger partial charge in [0.1, 0.15) is 28.8 Å². The molecule has 4 rings (SSSR count). The number of rotatable bonds is 1. The summed E-state index contributed by atoms with van der Waals surface area (Å²) in [6, 6.07) is 0. The van der Waals surface area contributed by atoms with Crippen molar-refractivity contribution in [1.82, 2.24) is 0 Å². The molecule has 0 radical (unpaired) electrons. The second-order valence-electron chi connectivity index (χ2n) is 9.10. The number of Topliss-reactive ketones (excluding diaryl/α,β-unsaturated/α-hetero) is 1. The van der Waals surface area contributed by atoms with E-state index < -0.39 is 0 Å². The number of hydrogen-bond donors (Lipinski definition) is 0. The van der Waals surface area contributed by atoms with Gasteiger partial charge in [-0.25, -0.2) is 0 Å². The quantitative estimate of drug-likeness (QED) is 0.540. The molecule has 0 spiro atoms. The average molecular weight is 416 g/mol. The van der Waals surface area contributed by atoms with E-state index in [1.54, 1.807) is 0 Å². The van der Waals surface area contributed by atoms with Crippen LogP contribution in [0.3, 0.4) is 0 Å². The van der Waals surface area contributed by atoms with Crippen LogP contribution in [0, 0.1) is 34.5 Å². The Kier molecular flexibility index (Phi) is 3.92. The van der Waals surface area contributed by atoms with Crippen molar-refractivity contribution in [3.05, 3.63) is 0 Å². The van der Waals surface area contributed by atoms with Crippen molar-refractivity contribution >= 4 is 28.8 Å². The summed E-state index contributed by atoms with van der Waals surface area (Å²) in [6.07, 6.45) is 11.3. The third-order valence-corrected chi connectivity index (χ3v) is 9.12. The fraction of sp³-hybridized carbons (Fsp3) is 0.947. The van der Waals surface area contributed by atoms with E-state index in [9.17, 15) is 4.79 Å². The number of carbonyl (C=O) groups excluding carboxylic acids is 1. The van der Waals surface area contributed by atoms with E-state index >= 15 is 0 Å². The monoisotopic (exact) mass is 416 g/mol. The normalized spacial score (nSPS) is 54.5. The first-order chi connectivity index (χ1) is 10.5. The van der Waals surface area contributed by atoms with Crippen LogP contribution in [0.1, 0.15) is 71.6 Å². The molecule has 0 aliphatic heterocycles. The number of halogens is 1. The summed E-state index contributed by atoms with van der Waals surface area (Å²) in [7, 11) is 0. The van der Waals surface area contributed by atoms with Crippen molar-refractivity contribution in [3.63, 3.8) is 0 Å². The van der Waals surface area contributed by atoms with Crippen LogP contribution in [0.15, 0.2) is 0 Å². The Balaban J connectivity index is 1.62. The topological polar surface area (TPSA) is 26.3 Å². The van der Waals surface area contributed by atoms with Crippen LogP contribution < -0.4 is 0 Å². The number of hydrogen-bond acceptors (Lipinski definition) is 2. The molecule has 0 heterocycles. The molecule has 4 aliphatic carbocycles. The van der Waals surface area contributed by atoms with Crippen molar-refractivity contribution in [1.29, 1.82) is 0 Å². The summed E-state index contributed by atoms with van der Waals surface area (Å²) in [5, 5.41) is 0. The lowest BCUT2D eigenvalue weighted by Gasteiger charge is -2.60. The van der Waals surface area contributed by atoms with Gasteiger partial charge in [-0.2, -0.15) is 0 Å². The van der Waals surface area contributed by atoms with E-state index in [0.717, 1.165) is 37.0 Å². The predicted octanol–water partition coefficient (Wildman–Crippen LogP) is 5.33. The molecule has 4 aliphatic rings.